The van der Waals surface area contributed by atoms with E-state index in [0.717, 1.165) is 28.1 Å². The number of hydrogen-bond acceptors (Lipinski definition) is 4. The summed E-state index contributed by atoms with van der Waals surface area (Å²) in [5.74, 6) is 0. The lowest BCUT2D eigenvalue weighted by molar-refractivity contribution is -0.00230. The highest BCUT2D eigenvalue weighted by atomic mass is 32.2. The molecule has 0 saturated heterocycles. The SMILES string of the molecule is Cc1ccc(SOCC(OS(=O)c2ccc(C)cc2)C(F)F)cc1. The number of aryl methyl sites for hydroxylation is 2. The Balaban J connectivity index is 1.88. The molecule has 0 radical (unpaired) electrons. The van der Waals surface area contributed by atoms with E-state index in [-0.39, 0.29) is 6.61 Å². The zero-order chi connectivity index (χ0) is 17.5. The van der Waals surface area contributed by atoms with Gasteiger partial charge in [-0.3, -0.25) is 4.18 Å². The first-order valence-electron chi connectivity index (χ1n) is 7.25. The van der Waals surface area contributed by atoms with Crippen molar-refractivity contribution in [3.05, 3.63) is 59.7 Å². The molecule has 0 spiro atoms. The van der Waals surface area contributed by atoms with Gasteiger partial charge in [0.2, 0.25) is 0 Å². The standard InChI is InChI=1S/C17H18F2O3S2/c1-12-3-7-14(8-4-12)23-21-11-16(17(18)19)22-24(20)15-9-5-13(2)6-10-15/h3-10,16-17H,11H2,1-2H3. The van der Waals surface area contributed by atoms with Gasteiger partial charge in [0.05, 0.1) is 11.5 Å². The lowest BCUT2D eigenvalue weighted by atomic mass is 10.2. The molecule has 0 N–H and O–H groups in total. The van der Waals surface area contributed by atoms with Crippen molar-refractivity contribution in [2.24, 2.45) is 0 Å². The van der Waals surface area contributed by atoms with Crippen LogP contribution in [0.4, 0.5) is 8.78 Å². The quantitative estimate of drug-likeness (QED) is 0.629. The minimum atomic E-state index is -2.79. The minimum Gasteiger partial charge on any atom is -0.307 e. The third kappa shape index (κ3) is 5.98. The van der Waals surface area contributed by atoms with Crippen LogP contribution in [-0.4, -0.2) is 23.3 Å². The van der Waals surface area contributed by atoms with Gasteiger partial charge < -0.3 is 4.18 Å². The van der Waals surface area contributed by atoms with Gasteiger partial charge in [0.1, 0.15) is 0 Å². The van der Waals surface area contributed by atoms with Gasteiger partial charge in [0, 0.05) is 16.9 Å². The molecule has 2 aromatic carbocycles. The normalized spacial score (nSPS) is 13.9. The molecule has 130 valence electrons. The molecule has 0 amide bonds. The van der Waals surface area contributed by atoms with Gasteiger partial charge in [0.25, 0.3) is 6.43 Å². The smallest absolute Gasteiger partial charge is 0.268 e. The summed E-state index contributed by atoms with van der Waals surface area (Å²) in [6.45, 7) is 3.47. The minimum absolute atomic E-state index is 0.345. The Morgan fingerprint density at radius 1 is 1.00 bits per heavy atom. The van der Waals surface area contributed by atoms with E-state index in [1.807, 2.05) is 38.1 Å². The Labute approximate surface area is 147 Å². The zero-order valence-corrected chi connectivity index (χ0v) is 14.9. The van der Waals surface area contributed by atoms with Crippen molar-refractivity contribution < 1.29 is 21.4 Å². The predicted octanol–water partition coefficient (Wildman–Crippen LogP) is 4.70. The number of hydrogen-bond donors (Lipinski definition) is 0. The molecular weight excluding hydrogens is 354 g/mol. The fraction of sp³-hybridized carbons (Fsp3) is 0.294. The van der Waals surface area contributed by atoms with Gasteiger partial charge >= 0.3 is 0 Å². The first kappa shape index (κ1) is 19.1. The third-order valence-electron chi connectivity index (χ3n) is 3.11. The van der Waals surface area contributed by atoms with Crippen LogP contribution in [0.2, 0.25) is 0 Å². The number of alkyl halides is 2. The van der Waals surface area contributed by atoms with Gasteiger partial charge in [-0.05, 0) is 38.1 Å². The maximum absolute atomic E-state index is 13.1. The molecular formula is C17H18F2O3S2. The van der Waals surface area contributed by atoms with Crippen LogP contribution in [0, 0.1) is 13.8 Å². The van der Waals surface area contributed by atoms with E-state index in [1.165, 1.54) is 0 Å². The molecule has 0 bridgehead atoms. The second-order valence-electron chi connectivity index (χ2n) is 5.20. The Hall–Kier alpha value is -1.28. The molecule has 0 heterocycles. The average molecular weight is 372 g/mol. The largest absolute Gasteiger partial charge is 0.307 e. The summed E-state index contributed by atoms with van der Waals surface area (Å²) >= 11 is -0.975. The average Bonchev–Trinajstić information content (AvgIpc) is 2.56. The summed E-state index contributed by atoms with van der Waals surface area (Å²) in [5, 5.41) is 0. The summed E-state index contributed by atoms with van der Waals surface area (Å²) in [7, 11) is 0. The van der Waals surface area contributed by atoms with E-state index in [2.05, 4.69) is 0 Å². The first-order chi connectivity index (χ1) is 11.5. The molecule has 0 saturated carbocycles. The number of rotatable bonds is 8. The molecule has 2 atom stereocenters. The summed E-state index contributed by atoms with van der Waals surface area (Å²) in [6, 6.07) is 14.2. The van der Waals surface area contributed by atoms with Crippen LogP contribution in [-0.2, 0) is 19.4 Å². The van der Waals surface area contributed by atoms with Crippen molar-refractivity contribution in [3.63, 3.8) is 0 Å². The van der Waals surface area contributed by atoms with Gasteiger partial charge in [-0.15, -0.1) is 0 Å². The number of benzene rings is 2. The van der Waals surface area contributed by atoms with Crippen LogP contribution in [0.15, 0.2) is 58.3 Å². The molecule has 0 fully saturated rings. The zero-order valence-electron chi connectivity index (χ0n) is 13.3. The van der Waals surface area contributed by atoms with E-state index >= 15 is 0 Å². The molecule has 0 aliphatic heterocycles. The Kier molecular flexibility index (Phi) is 7.36. The van der Waals surface area contributed by atoms with Crippen molar-refractivity contribution in [1.29, 1.82) is 0 Å². The van der Waals surface area contributed by atoms with E-state index in [1.54, 1.807) is 24.3 Å². The molecule has 3 nitrogen and oxygen atoms in total. The summed E-state index contributed by atoms with van der Waals surface area (Å²) in [5.41, 5.74) is 2.08. The van der Waals surface area contributed by atoms with Crippen LogP contribution < -0.4 is 0 Å². The van der Waals surface area contributed by atoms with Crippen LogP contribution in [0.3, 0.4) is 0 Å². The highest BCUT2D eigenvalue weighted by Crippen LogP contribution is 2.22. The van der Waals surface area contributed by atoms with Crippen LogP contribution >= 0.6 is 12.0 Å². The van der Waals surface area contributed by atoms with Crippen LogP contribution in [0.5, 0.6) is 0 Å². The second kappa shape index (κ2) is 9.27. The Morgan fingerprint density at radius 3 is 2.08 bits per heavy atom. The van der Waals surface area contributed by atoms with Crippen molar-refractivity contribution in [2.75, 3.05) is 6.61 Å². The monoisotopic (exact) mass is 372 g/mol. The van der Waals surface area contributed by atoms with Crippen molar-refractivity contribution in [2.45, 2.75) is 36.2 Å². The van der Waals surface area contributed by atoms with Gasteiger partial charge in [-0.1, -0.05) is 35.4 Å². The van der Waals surface area contributed by atoms with E-state index in [0.29, 0.717) is 4.90 Å². The molecule has 2 unspecified atom stereocenters. The van der Waals surface area contributed by atoms with E-state index in [9.17, 15) is 13.0 Å². The topological polar surface area (TPSA) is 35.5 Å². The maximum Gasteiger partial charge on any atom is 0.268 e. The fourth-order valence-electron chi connectivity index (χ4n) is 1.72. The Bertz CT molecular complexity index is 661. The molecule has 0 aliphatic rings. The predicted molar refractivity (Wildman–Crippen MR) is 91.5 cm³/mol. The fourth-order valence-corrected chi connectivity index (χ4v) is 3.14. The Morgan fingerprint density at radius 2 is 1.54 bits per heavy atom. The number of halogens is 2. The summed E-state index contributed by atoms with van der Waals surface area (Å²) in [4.78, 5) is 1.14. The van der Waals surface area contributed by atoms with Crippen LogP contribution in [0.1, 0.15) is 11.1 Å². The molecule has 7 heteroatoms. The highest BCUT2D eigenvalue weighted by Gasteiger charge is 2.25. The summed E-state index contributed by atoms with van der Waals surface area (Å²) < 4.78 is 48.4. The highest BCUT2D eigenvalue weighted by molar-refractivity contribution is 7.94. The van der Waals surface area contributed by atoms with Gasteiger partial charge in [0.15, 0.2) is 17.2 Å². The van der Waals surface area contributed by atoms with Gasteiger partial charge in [-0.25, -0.2) is 13.0 Å². The molecule has 0 aliphatic carbocycles. The maximum atomic E-state index is 13.1. The molecule has 2 rings (SSSR count). The van der Waals surface area contributed by atoms with E-state index < -0.39 is 23.6 Å². The van der Waals surface area contributed by atoms with Crippen molar-refractivity contribution in [3.8, 4) is 0 Å². The van der Waals surface area contributed by atoms with E-state index in [4.69, 9.17) is 8.37 Å². The van der Waals surface area contributed by atoms with Crippen molar-refractivity contribution >= 4 is 23.1 Å². The molecule has 0 aromatic heterocycles. The third-order valence-corrected chi connectivity index (χ3v) is 4.91. The second-order valence-corrected chi connectivity index (χ2v) is 7.20. The molecule has 24 heavy (non-hydrogen) atoms. The lowest BCUT2D eigenvalue weighted by Crippen LogP contribution is -2.27. The van der Waals surface area contributed by atoms with Gasteiger partial charge in [-0.2, -0.15) is 0 Å². The van der Waals surface area contributed by atoms with Crippen LogP contribution in [0.25, 0.3) is 0 Å². The lowest BCUT2D eigenvalue weighted by Gasteiger charge is -2.15. The molecule has 2 aromatic rings. The van der Waals surface area contributed by atoms with Crippen molar-refractivity contribution in [1.82, 2.24) is 0 Å². The summed E-state index contributed by atoms with van der Waals surface area (Å²) in [6.07, 6.45) is -4.36. The first-order valence-corrected chi connectivity index (χ1v) is 9.07.